The first kappa shape index (κ1) is 24.6. The fourth-order valence-corrected chi connectivity index (χ4v) is 5.38. The molecule has 0 spiro atoms. The fraction of sp³-hybridized carbons (Fsp3) is 0.636. The number of carbonyl (C=O) groups is 2. The quantitative estimate of drug-likeness (QED) is 0.433. The summed E-state index contributed by atoms with van der Waals surface area (Å²) in [6.07, 6.45) is 7.69. The molecule has 0 aliphatic carbocycles. The Balaban J connectivity index is 2.48. The maximum atomic E-state index is 12.3. The van der Waals surface area contributed by atoms with Gasteiger partial charge in [-0.3, -0.25) is 9.59 Å². The summed E-state index contributed by atoms with van der Waals surface area (Å²) < 4.78 is 11.3. The van der Waals surface area contributed by atoms with E-state index in [0.717, 1.165) is 61.7 Å². The Kier molecular flexibility index (Phi) is 12.8. The van der Waals surface area contributed by atoms with Gasteiger partial charge in [-0.15, -0.1) is 0 Å². The fourth-order valence-electron chi connectivity index (χ4n) is 3.43. The third-order valence-corrected chi connectivity index (χ3v) is 7.47. The van der Waals surface area contributed by atoms with Crippen molar-refractivity contribution >= 4 is 41.8 Å². The van der Waals surface area contributed by atoms with E-state index < -0.39 is 19.5 Å². The molecule has 1 aromatic carbocycles. The van der Waals surface area contributed by atoms with Crippen LogP contribution >= 0.6 is 0 Å². The molecule has 0 N–H and O–H groups in total. The van der Waals surface area contributed by atoms with Crippen molar-refractivity contribution in [3.05, 3.63) is 24.3 Å². The maximum Gasteiger partial charge on any atom is 0.295 e. The first-order valence-electron chi connectivity index (χ1n) is 11.0. The predicted octanol–water partition coefficient (Wildman–Crippen LogP) is 2.62. The largest absolute Gasteiger partial charge is 0.520 e. The molecule has 0 atom stereocenters. The van der Waals surface area contributed by atoms with Gasteiger partial charge in [-0.25, -0.2) is 0 Å². The molecule has 0 amide bonds. The highest BCUT2D eigenvalue weighted by Crippen LogP contribution is 2.15. The van der Waals surface area contributed by atoms with Gasteiger partial charge in [0.2, 0.25) is 0 Å². The summed E-state index contributed by atoms with van der Waals surface area (Å²) in [7, 11) is -2.10. The number of hydrogen-bond acceptors (Lipinski definition) is 4. The van der Waals surface area contributed by atoms with Crippen molar-refractivity contribution in [2.45, 2.75) is 79.1 Å². The second-order valence-corrected chi connectivity index (χ2v) is 10.4. The molecule has 0 unspecified atom stereocenters. The Morgan fingerprint density at radius 2 is 0.964 bits per heavy atom. The summed E-state index contributed by atoms with van der Waals surface area (Å²) >= 11 is 0. The zero-order valence-electron chi connectivity index (χ0n) is 18.2. The molecule has 1 aromatic rings. The van der Waals surface area contributed by atoms with Crippen LogP contribution < -0.4 is 10.4 Å². The molecule has 6 heteroatoms. The Bertz CT molecular complexity index is 511. The van der Waals surface area contributed by atoms with Crippen molar-refractivity contribution in [1.29, 1.82) is 0 Å². The summed E-state index contributed by atoms with van der Waals surface area (Å²) in [4.78, 5) is 24.5. The Labute approximate surface area is 175 Å². The average Bonchev–Trinajstić information content (AvgIpc) is 2.70. The minimum Gasteiger partial charge on any atom is -0.520 e. The van der Waals surface area contributed by atoms with E-state index in [9.17, 15) is 9.59 Å². The van der Waals surface area contributed by atoms with Crippen molar-refractivity contribution in [3.8, 4) is 0 Å². The zero-order valence-corrected chi connectivity index (χ0v) is 21.0. The van der Waals surface area contributed by atoms with Crippen molar-refractivity contribution in [2.24, 2.45) is 11.8 Å². The van der Waals surface area contributed by atoms with Gasteiger partial charge in [0, 0.05) is 0 Å². The second kappa shape index (κ2) is 14.6. The minimum absolute atomic E-state index is 0.0272. The van der Waals surface area contributed by atoms with Crippen LogP contribution in [0.25, 0.3) is 0 Å². The molecule has 158 valence electrons. The van der Waals surface area contributed by atoms with Crippen LogP contribution in [-0.2, 0) is 18.4 Å². The van der Waals surface area contributed by atoms with Crippen LogP contribution in [0, 0.1) is 11.8 Å². The number of hydrogen-bond donors (Lipinski definition) is 0. The van der Waals surface area contributed by atoms with Gasteiger partial charge in [0.15, 0.2) is 0 Å². The van der Waals surface area contributed by atoms with Crippen molar-refractivity contribution < 1.29 is 18.4 Å². The highest BCUT2D eigenvalue weighted by Gasteiger charge is 2.19. The van der Waals surface area contributed by atoms with Crippen LogP contribution in [0.2, 0.25) is 0 Å². The van der Waals surface area contributed by atoms with E-state index in [1.165, 1.54) is 0 Å². The van der Waals surface area contributed by atoms with E-state index in [0.29, 0.717) is 0 Å². The lowest BCUT2D eigenvalue weighted by Gasteiger charge is -2.15. The summed E-state index contributed by atoms with van der Waals surface area (Å²) in [5.41, 5.74) is 0. The summed E-state index contributed by atoms with van der Waals surface area (Å²) in [6.45, 7) is 8.43. The average molecular weight is 423 g/mol. The van der Waals surface area contributed by atoms with E-state index in [1.807, 2.05) is 24.3 Å². The predicted molar refractivity (Wildman–Crippen MR) is 122 cm³/mol. The van der Waals surface area contributed by atoms with Gasteiger partial charge in [0.1, 0.15) is 0 Å². The van der Waals surface area contributed by atoms with Crippen LogP contribution in [0.15, 0.2) is 24.3 Å². The zero-order chi connectivity index (χ0) is 20.8. The topological polar surface area (TPSA) is 52.6 Å². The van der Waals surface area contributed by atoms with Gasteiger partial charge in [0.25, 0.3) is 31.5 Å². The van der Waals surface area contributed by atoms with Gasteiger partial charge in [0.05, 0.1) is 11.8 Å². The lowest BCUT2D eigenvalue weighted by atomic mass is 9.99. The lowest BCUT2D eigenvalue weighted by molar-refractivity contribution is -0.140. The molecule has 0 bridgehead atoms. The van der Waals surface area contributed by atoms with Crippen LogP contribution in [0.4, 0.5) is 0 Å². The standard InChI is InChI=1S/C22H38O4Si2/c1-5-9-17(10-6-2)21(23)25-27-19-13-15-20(16-14-19)28-26-22(24)18(11-7-3)12-8-4/h13-18H,5-12,27-28H2,1-4H3. The summed E-state index contributed by atoms with van der Waals surface area (Å²) in [5.74, 6) is 0.0434. The number of carbonyl (C=O) groups excluding carboxylic acids is 2. The molecule has 0 aromatic heterocycles. The molecule has 0 radical (unpaired) electrons. The molecule has 0 fully saturated rings. The molecule has 0 aliphatic heterocycles. The Morgan fingerprint density at radius 1 is 0.679 bits per heavy atom. The van der Waals surface area contributed by atoms with Crippen LogP contribution in [0.3, 0.4) is 0 Å². The van der Waals surface area contributed by atoms with Gasteiger partial charge in [-0.05, 0) is 36.1 Å². The molecule has 0 heterocycles. The maximum absolute atomic E-state index is 12.3. The van der Waals surface area contributed by atoms with Gasteiger partial charge in [-0.1, -0.05) is 77.6 Å². The van der Waals surface area contributed by atoms with Gasteiger partial charge in [-0.2, -0.15) is 0 Å². The van der Waals surface area contributed by atoms with E-state index in [4.69, 9.17) is 8.85 Å². The SMILES string of the molecule is CCCC(CCC)C(=O)O[SiH2]c1ccc([SiH2]OC(=O)C(CCC)CCC)cc1. The van der Waals surface area contributed by atoms with E-state index >= 15 is 0 Å². The van der Waals surface area contributed by atoms with Crippen molar-refractivity contribution in [3.63, 3.8) is 0 Å². The van der Waals surface area contributed by atoms with Crippen LogP contribution in [-0.4, -0.2) is 31.5 Å². The monoisotopic (exact) mass is 422 g/mol. The number of benzene rings is 1. The van der Waals surface area contributed by atoms with Crippen LogP contribution in [0.5, 0.6) is 0 Å². The van der Waals surface area contributed by atoms with E-state index in [-0.39, 0.29) is 23.8 Å². The highest BCUT2D eigenvalue weighted by molar-refractivity contribution is 6.51. The Morgan fingerprint density at radius 3 is 1.21 bits per heavy atom. The molecule has 4 nitrogen and oxygen atoms in total. The third-order valence-electron chi connectivity index (χ3n) is 5.00. The molecule has 28 heavy (non-hydrogen) atoms. The normalized spacial score (nSPS) is 11.9. The molecular weight excluding hydrogens is 384 g/mol. The molecule has 0 saturated carbocycles. The minimum atomic E-state index is -1.05. The van der Waals surface area contributed by atoms with Crippen LogP contribution in [0.1, 0.15) is 79.1 Å². The third kappa shape index (κ3) is 9.19. The van der Waals surface area contributed by atoms with Crippen molar-refractivity contribution in [1.82, 2.24) is 0 Å². The molecular formula is C22H38O4Si2. The lowest BCUT2D eigenvalue weighted by Crippen LogP contribution is -2.29. The molecule has 0 aliphatic rings. The second-order valence-electron chi connectivity index (χ2n) is 7.58. The van der Waals surface area contributed by atoms with E-state index in [1.54, 1.807) is 0 Å². The summed E-state index contributed by atoms with van der Waals surface area (Å²) in [5, 5.41) is 2.22. The van der Waals surface area contributed by atoms with E-state index in [2.05, 4.69) is 27.7 Å². The highest BCUT2D eigenvalue weighted by atomic mass is 28.2. The van der Waals surface area contributed by atoms with Crippen molar-refractivity contribution in [2.75, 3.05) is 0 Å². The molecule has 0 saturated heterocycles. The van der Waals surface area contributed by atoms with Gasteiger partial charge < -0.3 is 8.85 Å². The number of rotatable bonds is 14. The van der Waals surface area contributed by atoms with Gasteiger partial charge >= 0.3 is 0 Å². The summed E-state index contributed by atoms with van der Waals surface area (Å²) in [6, 6.07) is 8.11. The first-order chi connectivity index (χ1) is 13.5. The first-order valence-corrected chi connectivity index (χ1v) is 13.5. The smallest absolute Gasteiger partial charge is 0.295 e. The molecule has 1 rings (SSSR count). The Hall–Kier alpha value is -1.41.